The summed E-state index contributed by atoms with van der Waals surface area (Å²) in [7, 11) is 1.25. The molecule has 2 N–H and O–H groups in total. The van der Waals surface area contributed by atoms with E-state index in [1.807, 2.05) is 18.2 Å². The van der Waals surface area contributed by atoms with E-state index in [1.165, 1.54) is 13.2 Å². The maximum atomic E-state index is 12.3. The molecule has 3 aromatic rings. The topological polar surface area (TPSA) is 110 Å². The number of aromatic hydroxyl groups is 1. The number of H-pyrrole nitrogens is 1. The number of nitrogens with zero attached hydrogens (tertiary/aromatic N) is 2. The molecule has 142 valence electrons. The minimum absolute atomic E-state index is 0.0206. The highest BCUT2D eigenvalue weighted by Crippen LogP contribution is 2.35. The predicted octanol–water partition coefficient (Wildman–Crippen LogP) is 3.33. The third-order valence-electron chi connectivity index (χ3n) is 4.26. The number of aliphatic imine (C=N–C) groups is 1. The molecule has 0 spiro atoms. The van der Waals surface area contributed by atoms with Crippen LogP contribution in [0.3, 0.4) is 0 Å². The number of hydrogen-bond acceptors (Lipinski definition) is 6. The van der Waals surface area contributed by atoms with E-state index in [4.69, 9.17) is 4.42 Å². The van der Waals surface area contributed by atoms with Crippen molar-refractivity contribution in [3.05, 3.63) is 68.1 Å². The average molecular weight is 444 g/mol. The van der Waals surface area contributed by atoms with Crippen LogP contribution in [0.5, 0.6) is 5.88 Å². The van der Waals surface area contributed by atoms with Gasteiger partial charge < -0.3 is 19.2 Å². The SMILES string of the molecule is COC(=O)c1ccc(Cn2c(O)c(C=C3C=Nc4ccc(Br)cc43)[nH]c2=O)o1. The molecule has 0 unspecified atom stereocenters. The highest BCUT2D eigenvalue weighted by Gasteiger charge is 2.18. The van der Waals surface area contributed by atoms with Crippen molar-refractivity contribution >= 4 is 45.5 Å². The second kappa shape index (κ2) is 7.01. The molecule has 2 aromatic heterocycles. The Hall–Kier alpha value is -3.33. The van der Waals surface area contributed by atoms with E-state index in [1.54, 1.807) is 18.4 Å². The largest absolute Gasteiger partial charge is 0.493 e. The molecular formula is C19H14BrN3O5. The third-order valence-corrected chi connectivity index (χ3v) is 4.75. The minimum Gasteiger partial charge on any atom is -0.493 e. The molecule has 1 aliphatic rings. The number of carbonyl (C=O) groups is 1. The van der Waals surface area contributed by atoms with E-state index in [9.17, 15) is 14.7 Å². The Balaban J connectivity index is 1.65. The number of allylic oxidation sites excluding steroid dienone is 1. The molecule has 0 bridgehead atoms. The number of rotatable bonds is 4. The summed E-state index contributed by atoms with van der Waals surface area (Å²) in [6.45, 7) is -0.0441. The summed E-state index contributed by atoms with van der Waals surface area (Å²) in [5.41, 5.74) is 2.19. The summed E-state index contributed by atoms with van der Waals surface area (Å²) < 4.78 is 11.9. The lowest BCUT2D eigenvalue weighted by Gasteiger charge is -2.02. The number of esters is 1. The number of furan rings is 1. The van der Waals surface area contributed by atoms with Gasteiger partial charge in [0.2, 0.25) is 11.6 Å². The molecule has 0 fully saturated rings. The van der Waals surface area contributed by atoms with Gasteiger partial charge in [-0.3, -0.25) is 9.56 Å². The fraction of sp³-hybridized carbons (Fsp3) is 0.105. The van der Waals surface area contributed by atoms with Crippen LogP contribution in [0.25, 0.3) is 11.6 Å². The number of halogens is 1. The van der Waals surface area contributed by atoms with E-state index in [0.717, 1.165) is 25.9 Å². The lowest BCUT2D eigenvalue weighted by molar-refractivity contribution is 0.0563. The molecule has 1 aromatic carbocycles. The van der Waals surface area contributed by atoms with Crippen LogP contribution in [0.15, 0.2) is 49.0 Å². The first kappa shape index (κ1) is 18.1. The lowest BCUT2D eigenvalue weighted by Crippen LogP contribution is -2.16. The van der Waals surface area contributed by atoms with Crippen LogP contribution in [0.1, 0.15) is 27.6 Å². The number of benzene rings is 1. The van der Waals surface area contributed by atoms with E-state index in [-0.39, 0.29) is 23.9 Å². The van der Waals surface area contributed by atoms with Crippen molar-refractivity contribution in [2.24, 2.45) is 4.99 Å². The lowest BCUT2D eigenvalue weighted by atomic mass is 10.1. The monoisotopic (exact) mass is 443 g/mol. The molecule has 0 saturated heterocycles. The van der Waals surface area contributed by atoms with Gasteiger partial charge >= 0.3 is 11.7 Å². The van der Waals surface area contributed by atoms with Gasteiger partial charge in [0.25, 0.3) is 0 Å². The molecule has 0 saturated carbocycles. The summed E-state index contributed by atoms with van der Waals surface area (Å²) in [5, 5.41) is 10.5. The number of ether oxygens (including phenoxy) is 1. The Morgan fingerprint density at radius 1 is 1.39 bits per heavy atom. The second-order valence-corrected chi connectivity index (χ2v) is 6.95. The van der Waals surface area contributed by atoms with Crippen LogP contribution >= 0.6 is 15.9 Å². The quantitative estimate of drug-likeness (QED) is 0.600. The third kappa shape index (κ3) is 3.20. The summed E-state index contributed by atoms with van der Waals surface area (Å²) in [4.78, 5) is 30.7. The van der Waals surface area contributed by atoms with E-state index >= 15 is 0 Å². The smallest absolute Gasteiger partial charge is 0.373 e. The van der Waals surface area contributed by atoms with Gasteiger partial charge in [-0.1, -0.05) is 15.9 Å². The number of imidazole rings is 1. The van der Waals surface area contributed by atoms with Gasteiger partial charge in [0.05, 0.1) is 19.3 Å². The van der Waals surface area contributed by atoms with Gasteiger partial charge in [0.15, 0.2) is 0 Å². The van der Waals surface area contributed by atoms with Crippen LogP contribution in [0, 0.1) is 0 Å². The number of aromatic amines is 1. The number of carbonyl (C=O) groups excluding carboxylic acids is 1. The fourth-order valence-corrected chi connectivity index (χ4v) is 3.25. The summed E-state index contributed by atoms with van der Waals surface area (Å²) in [6, 6.07) is 8.67. The van der Waals surface area contributed by atoms with Crippen LogP contribution in [0.4, 0.5) is 5.69 Å². The molecule has 8 nitrogen and oxygen atoms in total. The maximum Gasteiger partial charge on any atom is 0.373 e. The Kier molecular flexibility index (Phi) is 4.52. The number of fused-ring (bicyclic) bond motifs is 1. The zero-order valence-corrected chi connectivity index (χ0v) is 16.2. The van der Waals surface area contributed by atoms with Gasteiger partial charge in [0, 0.05) is 21.8 Å². The zero-order chi connectivity index (χ0) is 19.8. The van der Waals surface area contributed by atoms with Gasteiger partial charge in [-0.05, 0) is 36.4 Å². The van der Waals surface area contributed by atoms with Gasteiger partial charge in [-0.2, -0.15) is 0 Å². The van der Waals surface area contributed by atoms with Crippen molar-refractivity contribution in [3.8, 4) is 5.88 Å². The first-order valence-electron chi connectivity index (χ1n) is 8.21. The van der Waals surface area contributed by atoms with E-state index < -0.39 is 11.7 Å². The average Bonchev–Trinajstić information content (AvgIpc) is 3.37. The Labute approximate surface area is 166 Å². The van der Waals surface area contributed by atoms with E-state index in [0.29, 0.717) is 5.76 Å². The number of hydrogen-bond donors (Lipinski definition) is 2. The highest BCUT2D eigenvalue weighted by atomic mass is 79.9. The van der Waals surface area contributed by atoms with Crippen LogP contribution in [0.2, 0.25) is 0 Å². The number of methoxy groups -OCH3 is 1. The van der Waals surface area contributed by atoms with Crippen molar-refractivity contribution in [1.29, 1.82) is 0 Å². The maximum absolute atomic E-state index is 12.3. The predicted molar refractivity (Wildman–Crippen MR) is 106 cm³/mol. The summed E-state index contributed by atoms with van der Waals surface area (Å²) in [5.74, 6) is -0.516. The molecule has 28 heavy (non-hydrogen) atoms. The van der Waals surface area contributed by atoms with Gasteiger partial charge in [-0.15, -0.1) is 0 Å². The van der Waals surface area contributed by atoms with E-state index in [2.05, 4.69) is 30.6 Å². The molecule has 0 radical (unpaired) electrons. The van der Waals surface area contributed by atoms with Crippen molar-refractivity contribution in [1.82, 2.24) is 9.55 Å². The van der Waals surface area contributed by atoms with Crippen LogP contribution < -0.4 is 5.69 Å². The Bertz CT molecular complexity index is 1200. The Morgan fingerprint density at radius 2 is 2.21 bits per heavy atom. The first-order valence-corrected chi connectivity index (χ1v) is 9.00. The first-order chi connectivity index (χ1) is 13.5. The molecule has 0 aliphatic carbocycles. The standard InChI is InChI=1S/C19H14BrN3O5/c1-27-18(25)16-5-3-12(28-16)9-23-17(24)15(22-19(23)26)6-10-8-21-14-4-2-11(20)7-13(10)14/h2-8,24H,9H2,1H3,(H,22,26). The number of aromatic nitrogens is 2. The zero-order valence-electron chi connectivity index (χ0n) is 14.6. The van der Waals surface area contributed by atoms with Gasteiger partial charge in [-0.25, -0.2) is 9.59 Å². The molecule has 3 heterocycles. The molecule has 1 aliphatic heterocycles. The molecule has 0 atom stereocenters. The summed E-state index contributed by atoms with van der Waals surface area (Å²) >= 11 is 3.42. The Morgan fingerprint density at radius 3 is 3.00 bits per heavy atom. The van der Waals surface area contributed by atoms with Crippen molar-refractivity contribution in [3.63, 3.8) is 0 Å². The van der Waals surface area contributed by atoms with Crippen molar-refractivity contribution in [2.45, 2.75) is 6.54 Å². The number of nitrogens with one attached hydrogen (secondary N) is 1. The second-order valence-electron chi connectivity index (χ2n) is 6.03. The molecular weight excluding hydrogens is 430 g/mol. The van der Waals surface area contributed by atoms with Crippen molar-refractivity contribution in [2.75, 3.05) is 7.11 Å². The molecule has 9 heteroatoms. The van der Waals surface area contributed by atoms with Crippen LogP contribution in [-0.4, -0.2) is 34.0 Å². The van der Waals surface area contributed by atoms with Gasteiger partial charge in [0.1, 0.15) is 11.5 Å². The minimum atomic E-state index is -0.618. The van der Waals surface area contributed by atoms with Crippen molar-refractivity contribution < 1.29 is 19.1 Å². The van der Waals surface area contributed by atoms with Crippen LogP contribution in [-0.2, 0) is 11.3 Å². The molecule has 0 amide bonds. The highest BCUT2D eigenvalue weighted by molar-refractivity contribution is 9.10. The fourth-order valence-electron chi connectivity index (χ4n) is 2.89. The normalized spacial score (nSPS) is 13.9. The summed E-state index contributed by atoms with van der Waals surface area (Å²) in [6.07, 6.45) is 3.32. The molecule has 4 rings (SSSR count).